The second-order valence-corrected chi connectivity index (χ2v) is 6.75. The van der Waals surface area contributed by atoms with Crippen molar-refractivity contribution in [1.29, 1.82) is 0 Å². The quantitative estimate of drug-likeness (QED) is 0.894. The van der Waals surface area contributed by atoms with Crippen LogP contribution in [0, 0.1) is 0 Å². The van der Waals surface area contributed by atoms with Crippen molar-refractivity contribution in [2.45, 2.75) is 44.4 Å². The number of fused-ring (bicyclic) bond motifs is 1. The van der Waals surface area contributed by atoms with Crippen molar-refractivity contribution in [3.8, 4) is 0 Å². The van der Waals surface area contributed by atoms with Crippen molar-refractivity contribution in [3.05, 3.63) is 42.1 Å². The molecule has 0 spiro atoms. The Morgan fingerprint density at radius 2 is 2.20 bits per heavy atom. The average molecular weight is 344 g/mol. The normalized spacial score (nSPS) is 21.8. The van der Waals surface area contributed by atoms with Crippen LogP contribution in [0.15, 0.2) is 35.1 Å². The first-order chi connectivity index (χ1) is 12.3. The van der Waals surface area contributed by atoms with E-state index in [1.54, 1.807) is 6.26 Å². The van der Waals surface area contributed by atoms with Crippen LogP contribution >= 0.6 is 0 Å². The SMILES string of the molecule is O=C(C[C@H]1CN(C2CCOCC2)Cc2ccnn21)NCc1ccco1. The number of hydrogen-bond acceptors (Lipinski definition) is 5. The van der Waals surface area contributed by atoms with Crippen LogP contribution in [0.25, 0.3) is 0 Å². The molecule has 1 atom stereocenters. The highest BCUT2D eigenvalue weighted by atomic mass is 16.5. The van der Waals surface area contributed by atoms with E-state index < -0.39 is 0 Å². The molecule has 1 saturated heterocycles. The van der Waals surface area contributed by atoms with Crippen LogP contribution in [0.5, 0.6) is 0 Å². The van der Waals surface area contributed by atoms with E-state index in [9.17, 15) is 4.79 Å². The molecule has 0 radical (unpaired) electrons. The van der Waals surface area contributed by atoms with Crippen molar-refractivity contribution in [2.75, 3.05) is 19.8 Å². The van der Waals surface area contributed by atoms with Gasteiger partial charge < -0.3 is 14.5 Å². The molecule has 4 rings (SSSR count). The Bertz CT molecular complexity index is 691. The Labute approximate surface area is 146 Å². The number of aromatic nitrogens is 2. The summed E-state index contributed by atoms with van der Waals surface area (Å²) in [7, 11) is 0. The molecule has 4 heterocycles. The Morgan fingerprint density at radius 1 is 1.32 bits per heavy atom. The number of ether oxygens (including phenoxy) is 1. The van der Waals surface area contributed by atoms with Gasteiger partial charge in [0.2, 0.25) is 5.91 Å². The van der Waals surface area contributed by atoms with Crippen LogP contribution < -0.4 is 5.32 Å². The van der Waals surface area contributed by atoms with Crippen LogP contribution in [0.1, 0.15) is 36.8 Å². The zero-order valence-electron chi connectivity index (χ0n) is 14.3. The summed E-state index contributed by atoms with van der Waals surface area (Å²) in [6.45, 7) is 3.83. The van der Waals surface area contributed by atoms with E-state index in [-0.39, 0.29) is 11.9 Å². The monoisotopic (exact) mass is 344 g/mol. The minimum atomic E-state index is 0.0247. The number of nitrogens with one attached hydrogen (secondary N) is 1. The summed E-state index contributed by atoms with van der Waals surface area (Å²) in [5.74, 6) is 0.789. The maximum Gasteiger partial charge on any atom is 0.222 e. The average Bonchev–Trinajstić information content (AvgIpc) is 3.32. The summed E-state index contributed by atoms with van der Waals surface area (Å²) >= 11 is 0. The summed E-state index contributed by atoms with van der Waals surface area (Å²) in [6, 6.07) is 6.34. The van der Waals surface area contributed by atoms with Gasteiger partial charge in [0.1, 0.15) is 5.76 Å². The number of nitrogens with zero attached hydrogens (tertiary/aromatic N) is 3. The van der Waals surface area contributed by atoms with Gasteiger partial charge in [-0.2, -0.15) is 5.10 Å². The molecule has 25 heavy (non-hydrogen) atoms. The molecule has 134 valence electrons. The first-order valence-electron chi connectivity index (χ1n) is 8.93. The molecule has 7 nitrogen and oxygen atoms in total. The van der Waals surface area contributed by atoms with Crippen LogP contribution in [-0.2, 0) is 22.6 Å². The third-order valence-corrected chi connectivity index (χ3v) is 5.08. The number of furan rings is 1. The lowest BCUT2D eigenvalue weighted by Gasteiger charge is -2.40. The molecule has 0 saturated carbocycles. The van der Waals surface area contributed by atoms with Crippen LogP contribution in [-0.4, -0.2) is 46.4 Å². The molecule has 7 heteroatoms. The van der Waals surface area contributed by atoms with Crippen molar-refractivity contribution in [2.24, 2.45) is 0 Å². The molecule has 2 aliphatic heterocycles. The standard InChI is InChI=1S/C18H24N4O3/c23-18(19-11-17-2-1-7-25-17)10-16-13-21(14-4-8-24-9-5-14)12-15-3-6-20-22(15)16/h1-3,6-7,14,16H,4-5,8-13H2,(H,19,23)/t16-/m0/s1. The summed E-state index contributed by atoms with van der Waals surface area (Å²) in [5, 5.41) is 7.39. The van der Waals surface area contributed by atoms with Crippen LogP contribution in [0.2, 0.25) is 0 Å². The second-order valence-electron chi connectivity index (χ2n) is 6.75. The smallest absolute Gasteiger partial charge is 0.222 e. The van der Waals surface area contributed by atoms with Gasteiger partial charge in [-0.15, -0.1) is 0 Å². The van der Waals surface area contributed by atoms with Crippen molar-refractivity contribution in [1.82, 2.24) is 20.0 Å². The predicted octanol–water partition coefficient (Wildman–Crippen LogP) is 1.72. The van der Waals surface area contributed by atoms with E-state index in [1.165, 1.54) is 5.69 Å². The molecular weight excluding hydrogens is 320 g/mol. The summed E-state index contributed by atoms with van der Waals surface area (Å²) in [6.07, 6.45) is 5.99. The van der Waals surface area contributed by atoms with Gasteiger partial charge in [-0.05, 0) is 31.0 Å². The van der Waals surface area contributed by atoms with Gasteiger partial charge in [0.05, 0.1) is 31.0 Å². The molecule has 0 aromatic carbocycles. The second kappa shape index (κ2) is 7.41. The molecule has 1 N–H and O–H groups in total. The van der Waals surface area contributed by atoms with Crippen molar-refractivity contribution >= 4 is 5.91 Å². The van der Waals surface area contributed by atoms with Crippen molar-refractivity contribution in [3.63, 3.8) is 0 Å². The molecular formula is C18H24N4O3. The summed E-state index contributed by atoms with van der Waals surface area (Å²) in [5.41, 5.74) is 1.18. The van der Waals surface area contributed by atoms with Gasteiger partial charge >= 0.3 is 0 Å². The van der Waals surface area contributed by atoms with E-state index in [1.807, 2.05) is 23.0 Å². The minimum absolute atomic E-state index is 0.0247. The van der Waals surface area contributed by atoms with Crippen LogP contribution in [0.3, 0.4) is 0 Å². The lowest BCUT2D eigenvalue weighted by Crippen LogP contribution is -2.46. The first-order valence-corrected chi connectivity index (χ1v) is 8.93. The summed E-state index contributed by atoms with van der Waals surface area (Å²) in [4.78, 5) is 14.9. The van der Waals surface area contributed by atoms with E-state index in [2.05, 4.69) is 21.4 Å². The van der Waals surface area contributed by atoms with Gasteiger partial charge in [-0.1, -0.05) is 0 Å². The highest BCUT2D eigenvalue weighted by Crippen LogP contribution is 2.27. The first kappa shape index (κ1) is 16.4. The van der Waals surface area contributed by atoms with E-state index in [4.69, 9.17) is 9.15 Å². The third kappa shape index (κ3) is 3.77. The van der Waals surface area contributed by atoms with E-state index in [0.717, 1.165) is 44.9 Å². The number of rotatable bonds is 5. The maximum atomic E-state index is 12.4. The Morgan fingerprint density at radius 3 is 3.00 bits per heavy atom. The molecule has 2 aliphatic rings. The third-order valence-electron chi connectivity index (χ3n) is 5.08. The minimum Gasteiger partial charge on any atom is -0.467 e. The maximum absolute atomic E-state index is 12.4. The Kier molecular flexibility index (Phi) is 4.85. The Balaban J connectivity index is 1.40. The van der Waals surface area contributed by atoms with Gasteiger partial charge in [-0.3, -0.25) is 14.4 Å². The van der Waals surface area contributed by atoms with E-state index >= 15 is 0 Å². The molecule has 2 aromatic heterocycles. The molecule has 0 bridgehead atoms. The van der Waals surface area contributed by atoms with Gasteiger partial charge in [0.15, 0.2) is 0 Å². The fourth-order valence-electron chi connectivity index (χ4n) is 3.78. The lowest BCUT2D eigenvalue weighted by atomic mass is 10.0. The zero-order valence-corrected chi connectivity index (χ0v) is 14.3. The lowest BCUT2D eigenvalue weighted by molar-refractivity contribution is -0.122. The van der Waals surface area contributed by atoms with E-state index in [0.29, 0.717) is 19.0 Å². The van der Waals surface area contributed by atoms with Gasteiger partial charge in [-0.25, -0.2) is 0 Å². The Hall–Kier alpha value is -2.12. The largest absolute Gasteiger partial charge is 0.467 e. The summed E-state index contributed by atoms with van der Waals surface area (Å²) < 4.78 is 12.8. The van der Waals surface area contributed by atoms with Crippen LogP contribution in [0.4, 0.5) is 0 Å². The molecule has 0 aliphatic carbocycles. The van der Waals surface area contributed by atoms with Gasteiger partial charge in [0.25, 0.3) is 0 Å². The molecule has 0 unspecified atom stereocenters. The fraction of sp³-hybridized carbons (Fsp3) is 0.556. The van der Waals surface area contributed by atoms with Gasteiger partial charge in [0, 0.05) is 38.5 Å². The number of carbonyl (C=O) groups excluding carboxylic acids is 1. The molecule has 1 fully saturated rings. The fourth-order valence-corrected chi connectivity index (χ4v) is 3.78. The van der Waals surface area contributed by atoms with Crippen molar-refractivity contribution < 1.29 is 13.9 Å². The number of amides is 1. The molecule has 2 aromatic rings. The highest BCUT2D eigenvalue weighted by Gasteiger charge is 2.31. The predicted molar refractivity (Wildman–Crippen MR) is 90.7 cm³/mol. The zero-order chi connectivity index (χ0) is 17.1. The topological polar surface area (TPSA) is 72.5 Å². The molecule has 1 amide bonds. The number of carbonyl (C=O) groups is 1. The number of hydrogen-bond donors (Lipinski definition) is 1. The highest BCUT2D eigenvalue weighted by molar-refractivity contribution is 5.76.